The SMILES string of the molecule is CC(C)(CNC(=O)c1ccccc1Br)N1CCOC1=O. The minimum atomic E-state index is -0.482. The first-order chi connectivity index (χ1) is 9.42. The number of hydrogen-bond acceptors (Lipinski definition) is 3. The Hall–Kier alpha value is -1.56. The predicted molar refractivity (Wildman–Crippen MR) is 78.6 cm³/mol. The van der Waals surface area contributed by atoms with Gasteiger partial charge in [-0.05, 0) is 41.9 Å². The molecule has 108 valence electrons. The third-order valence-electron chi connectivity index (χ3n) is 3.29. The lowest BCUT2D eigenvalue weighted by Crippen LogP contribution is -2.52. The summed E-state index contributed by atoms with van der Waals surface area (Å²) in [5, 5.41) is 2.86. The van der Waals surface area contributed by atoms with Crippen molar-refractivity contribution in [3.63, 3.8) is 0 Å². The molecule has 0 bridgehead atoms. The average Bonchev–Trinajstić information content (AvgIpc) is 2.84. The Morgan fingerprint density at radius 1 is 1.45 bits per heavy atom. The van der Waals surface area contributed by atoms with Crippen molar-refractivity contribution in [2.75, 3.05) is 19.7 Å². The molecule has 0 atom stereocenters. The standard InChI is InChI=1S/C14H17BrN2O3/c1-14(2,17-7-8-20-13(17)19)9-16-12(18)10-5-3-4-6-11(10)15/h3-6H,7-9H2,1-2H3,(H,16,18). The van der Waals surface area contributed by atoms with Gasteiger partial charge in [0.15, 0.2) is 0 Å². The maximum atomic E-state index is 12.1. The lowest BCUT2D eigenvalue weighted by atomic mass is 10.0. The van der Waals surface area contributed by atoms with Crippen LogP contribution in [0.3, 0.4) is 0 Å². The average molecular weight is 341 g/mol. The molecule has 6 heteroatoms. The van der Waals surface area contributed by atoms with Gasteiger partial charge in [0.25, 0.3) is 5.91 Å². The highest BCUT2D eigenvalue weighted by Crippen LogP contribution is 2.19. The highest BCUT2D eigenvalue weighted by molar-refractivity contribution is 9.10. The van der Waals surface area contributed by atoms with Crippen LogP contribution in [-0.4, -0.2) is 42.1 Å². The molecule has 2 rings (SSSR count). The maximum Gasteiger partial charge on any atom is 0.410 e. The largest absolute Gasteiger partial charge is 0.448 e. The number of nitrogens with zero attached hydrogens (tertiary/aromatic N) is 1. The second-order valence-corrected chi connectivity index (χ2v) is 6.10. The van der Waals surface area contributed by atoms with Crippen LogP contribution in [0.1, 0.15) is 24.2 Å². The normalized spacial score (nSPS) is 15.2. The fourth-order valence-electron chi connectivity index (χ4n) is 2.08. The molecule has 0 unspecified atom stereocenters. The molecule has 1 fully saturated rings. The van der Waals surface area contributed by atoms with Gasteiger partial charge in [0.05, 0.1) is 17.6 Å². The molecular formula is C14H17BrN2O3. The van der Waals surface area contributed by atoms with E-state index in [1.54, 1.807) is 11.0 Å². The predicted octanol–water partition coefficient (Wildman–Crippen LogP) is 2.41. The summed E-state index contributed by atoms with van der Waals surface area (Å²) >= 11 is 3.35. The van der Waals surface area contributed by atoms with Gasteiger partial charge in [-0.2, -0.15) is 0 Å². The van der Waals surface area contributed by atoms with Crippen LogP contribution < -0.4 is 5.32 Å². The first kappa shape index (κ1) is 14.8. The van der Waals surface area contributed by atoms with E-state index in [9.17, 15) is 9.59 Å². The summed E-state index contributed by atoms with van der Waals surface area (Å²) in [4.78, 5) is 25.3. The monoisotopic (exact) mass is 340 g/mol. The smallest absolute Gasteiger partial charge is 0.410 e. The van der Waals surface area contributed by atoms with Crippen molar-refractivity contribution in [1.29, 1.82) is 0 Å². The molecule has 0 aromatic heterocycles. The Morgan fingerprint density at radius 2 is 2.15 bits per heavy atom. The molecule has 0 radical (unpaired) electrons. The van der Waals surface area contributed by atoms with Crippen LogP contribution in [0.15, 0.2) is 28.7 Å². The molecule has 0 aliphatic carbocycles. The first-order valence-electron chi connectivity index (χ1n) is 6.39. The van der Waals surface area contributed by atoms with Gasteiger partial charge in [0, 0.05) is 11.0 Å². The number of ether oxygens (including phenoxy) is 1. The molecule has 2 amide bonds. The number of nitrogens with one attached hydrogen (secondary N) is 1. The van der Waals surface area contributed by atoms with Crippen molar-refractivity contribution in [2.24, 2.45) is 0 Å². The molecule has 1 heterocycles. The van der Waals surface area contributed by atoms with Crippen LogP contribution in [0.25, 0.3) is 0 Å². The van der Waals surface area contributed by atoms with E-state index in [1.165, 1.54) is 0 Å². The van der Waals surface area contributed by atoms with E-state index in [0.717, 1.165) is 4.47 Å². The van der Waals surface area contributed by atoms with Gasteiger partial charge in [-0.25, -0.2) is 4.79 Å². The van der Waals surface area contributed by atoms with Crippen molar-refractivity contribution in [3.05, 3.63) is 34.3 Å². The number of halogens is 1. The van der Waals surface area contributed by atoms with Crippen molar-refractivity contribution in [2.45, 2.75) is 19.4 Å². The molecule has 0 saturated carbocycles. The zero-order valence-electron chi connectivity index (χ0n) is 11.5. The summed E-state index contributed by atoms with van der Waals surface area (Å²) in [6.07, 6.45) is -0.329. The summed E-state index contributed by atoms with van der Waals surface area (Å²) in [6, 6.07) is 7.22. The molecule has 20 heavy (non-hydrogen) atoms. The van der Waals surface area contributed by atoms with Gasteiger partial charge in [-0.1, -0.05) is 12.1 Å². The first-order valence-corrected chi connectivity index (χ1v) is 7.18. The highest BCUT2D eigenvalue weighted by atomic mass is 79.9. The van der Waals surface area contributed by atoms with Crippen LogP contribution in [0.5, 0.6) is 0 Å². The zero-order valence-corrected chi connectivity index (χ0v) is 13.1. The van der Waals surface area contributed by atoms with E-state index in [2.05, 4.69) is 21.2 Å². The molecule has 0 spiro atoms. The number of cyclic esters (lactones) is 1. The van der Waals surface area contributed by atoms with Crippen LogP contribution in [-0.2, 0) is 4.74 Å². The molecule has 1 saturated heterocycles. The lowest BCUT2D eigenvalue weighted by molar-refractivity contribution is 0.0902. The zero-order chi connectivity index (χ0) is 14.8. The number of benzene rings is 1. The minimum absolute atomic E-state index is 0.168. The van der Waals surface area contributed by atoms with Crippen molar-refractivity contribution in [3.8, 4) is 0 Å². The Morgan fingerprint density at radius 3 is 2.75 bits per heavy atom. The van der Waals surface area contributed by atoms with Crippen LogP contribution >= 0.6 is 15.9 Å². The molecule has 1 N–H and O–H groups in total. The summed E-state index contributed by atoms with van der Waals surface area (Å²) < 4.78 is 5.68. The minimum Gasteiger partial charge on any atom is -0.448 e. The third-order valence-corrected chi connectivity index (χ3v) is 3.98. The van der Waals surface area contributed by atoms with Crippen molar-refractivity contribution in [1.82, 2.24) is 10.2 Å². The fourth-order valence-corrected chi connectivity index (χ4v) is 2.54. The van der Waals surface area contributed by atoms with Crippen molar-refractivity contribution < 1.29 is 14.3 Å². The summed E-state index contributed by atoms with van der Waals surface area (Å²) in [6.45, 7) is 5.12. The van der Waals surface area contributed by atoms with Gasteiger partial charge >= 0.3 is 6.09 Å². The number of hydrogen-bond donors (Lipinski definition) is 1. The lowest BCUT2D eigenvalue weighted by Gasteiger charge is -2.33. The van der Waals surface area contributed by atoms with Gasteiger partial charge in [-0.3, -0.25) is 9.69 Å². The highest BCUT2D eigenvalue weighted by Gasteiger charge is 2.35. The summed E-state index contributed by atoms with van der Waals surface area (Å²) in [5.74, 6) is -0.168. The summed E-state index contributed by atoms with van der Waals surface area (Å²) in [7, 11) is 0. The quantitative estimate of drug-likeness (QED) is 0.915. The molecule has 1 aliphatic rings. The molecule has 5 nitrogen and oxygen atoms in total. The number of rotatable bonds is 4. The van der Waals surface area contributed by atoms with Crippen molar-refractivity contribution >= 4 is 27.9 Å². The number of carbonyl (C=O) groups is 2. The third kappa shape index (κ3) is 3.12. The van der Waals surface area contributed by atoms with Gasteiger partial charge in [0.1, 0.15) is 6.61 Å². The van der Waals surface area contributed by atoms with Gasteiger partial charge in [-0.15, -0.1) is 0 Å². The van der Waals surface area contributed by atoms with E-state index in [4.69, 9.17) is 4.74 Å². The van der Waals surface area contributed by atoms with E-state index < -0.39 is 5.54 Å². The second kappa shape index (κ2) is 5.83. The van der Waals surface area contributed by atoms with E-state index in [0.29, 0.717) is 25.3 Å². The van der Waals surface area contributed by atoms with Crippen LogP contribution in [0.4, 0.5) is 4.79 Å². The Labute approximate surface area is 126 Å². The van der Waals surface area contributed by atoms with Crippen LogP contribution in [0.2, 0.25) is 0 Å². The molecule has 1 aliphatic heterocycles. The van der Waals surface area contributed by atoms with Gasteiger partial charge in [0.2, 0.25) is 0 Å². The second-order valence-electron chi connectivity index (χ2n) is 5.24. The Bertz CT molecular complexity index is 531. The van der Waals surface area contributed by atoms with E-state index in [1.807, 2.05) is 32.0 Å². The molecular weight excluding hydrogens is 324 g/mol. The topological polar surface area (TPSA) is 58.6 Å². The van der Waals surface area contributed by atoms with E-state index in [-0.39, 0.29) is 12.0 Å². The number of carbonyl (C=O) groups excluding carboxylic acids is 2. The maximum absolute atomic E-state index is 12.1. The van der Waals surface area contributed by atoms with Crippen LogP contribution in [0, 0.1) is 0 Å². The summed E-state index contributed by atoms with van der Waals surface area (Å²) in [5.41, 5.74) is 0.0946. The Kier molecular flexibility index (Phi) is 4.32. The molecule has 1 aromatic carbocycles. The Balaban J connectivity index is 1.99. The van der Waals surface area contributed by atoms with Gasteiger partial charge < -0.3 is 10.1 Å². The molecule has 1 aromatic rings. The number of amides is 2. The fraction of sp³-hybridized carbons (Fsp3) is 0.429. The van der Waals surface area contributed by atoms with E-state index >= 15 is 0 Å².